The first-order valence-electron chi connectivity index (χ1n) is 7.50. The lowest BCUT2D eigenvalue weighted by Gasteiger charge is -2.31. The minimum Gasteiger partial charge on any atom is -0.383 e. The van der Waals surface area contributed by atoms with E-state index in [1.807, 2.05) is 0 Å². The molecule has 112 valence electrons. The van der Waals surface area contributed by atoms with E-state index in [2.05, 4.69) is 23.7 Å². The molecule has 2 aromatic rings. The Labute approximate surface area is 128 Å². The van der Waals surface area contributed by atoms with E-state index in [9.17, 15) is 0 Å². The van der Waals surface area contributed by atoms with Crippen LogP contribution in [0, 0.1) is 13.8 Å². The van der Waals surface area contributed by atoms with E-state index in [1.165, 1.54) is 23.3 Å². The molecule has 2 aliphatic rings. The van der Waals surface area contributed by atoms with Crippen LogP contribution in [0.15, 0.2) is 0 Å². The van der Waals surface area contributed by atoms with Gasteiger partial charge in [0.15, 0.2) is 0 Å². The zero-order valence-corrected chi connectivity index (χ0v) is 13.2. The number of nitrogen functional groups attached to an aromatic ring is 1. The van der Waals surface area contributed by atoms with Gasteiger partial charge in [0.2, 0.25) is 0 Å². The number of hydrogen-bond donors (Lipinski definition) is 1. The van der Waals surface area contributed by atoms with Crippen molar-refractivity contribution in [2.75, 3.05) is 18.8 Å². The second-order valence-electron chi connectivity index (χ2n) is 6.14. The van der Waals surface area contributed by atoms with Crippen LogP contribution in [0.2, 0.25) is 0 Å². The summed E-state index contributed by atoms with van der Waals surface area (Å²) in [5.74, 6) is 1.45. The summed E-state index contributed by atoms with van der Waals surface area (Å²) in [6.45, 7) is 6.95. The molecule has 0 saturated carbocycles. The Morgan fingerprint density at radius 1 is 1.24 bits per heavy atom. The Morgan fingerprint density at radius 3 is 2.67 bits per heavy atom. The smallest absolute Gasteiger partial charge is 0.146 e. The van der Waals surface area contributed by atoms with Crippen LogP contribution in [-0.2, 0) is 11.3 Å². The predicted octanol–water partition coefficient (Wildman–Crippen LogP) is 2.25. The third-order valence-corrected chi connectivity index (χ3v) is 5.69. The van der Waals surface area contributed by atoms with Crippen molar-refractivity contribution in [1.29, 1.82) is 0 Å². The van der Waals surface area contributed by atoms with Gasteiger partial charge in [0, 0.05) is 18.0 Å². The van der Waals surface area contributed by atoms with Gasteiger partial charge in [0.05, 0.1) is 24.1 Å². The van der Waals surface area contributed by atoms with E-state index in [0.717, 1.165) is 35.7 Å². The van der Waals surface area contributed by atoms with E-state index < -0.39 is 0 Å². The van der Waals surface area contributed by atoms with E-state index in [-0.39, 0.29) is 0 Å². The van der Waals surface area contributed by atoms with E-state index in [4.69, 9.17) is 15.5 Å². The minimum atomic E-state index is 0.399. The van der Waals surface area contributed by atoms with Gasteiger partial charge in [0.25, 0.3) is 0 Å². The van der Waals surface area contributed by atoms with Crippen molar-refractivity contribution in [2.45, 2.75) is 45.4 Å². The zero-order chi connectivity index (χ0) is 14.6. The molecule has 0 aliphatic carbocycles. The first kappa shape index (κ1) is 13.4. The summed E-state index contributed by atoms with van der Waals surface area (Å²) < 4.78 is 5.87. The maximum atomic E-state index is 6.16. The second kappa shape index (κ2) is 4.90. The monoisotopic (exact) mass is 304 g/mol. The van der Waals surface area contributed by atoms with Crippen molar-refractivity contribution >= 4 is 27.4 Å². The van der Waals surface area contributed by atoms with Crippen LogP contribution in [0.5, 0.6) is 0 Å². The molecule has 0 radical (unpaired) electrons. The van der Waals surface area contributed by atoms with Crippen molar-refractivity contribution in [2.24, 2.45) is 0 Å². The molecule has 2 fully saturated rings. The summed E-state index contributed by atoms with van der Waals surface area (Å²) >= 11 is 1.71. The van der Waals surface area contributed by atoms with Gasteiger partial charge in [-0.1, -0.05) is 0 Å². The van der Waals surface area contributed by atoms with Gasteiger partial charge in [-0.2, -0.15) is 0 Å². The highest BCUT2D eigenvalue weighted by molar-refractivity contribution is 7.18. The SMILES string of the molecule is Cc1sc2nc(CN3CC4CCC(C3)O4)nc(N)c2c1C. The molecule has 2 atom stereocenters. The van der Waals surface area contributed by atoms with Crippen LogP contribution in [0.25, 0.3) is 10.2 Å². The van der Waals surface area contributed by atoms with Crippen molar-refractivity contribution in [3.05, 3.63) is 16.3 Å². The van der Waals surface area contributed by atoms with Crippen LogP contribution in [-0.4, -0.2) is 40.2 Å². The largest absolute Gasteiger partial charge is 0.383 e. The van der Waals surface area contributed by atoms with Crippen molar-refractivity contribution < 1.29 is 4.74 Å². The first-order valence-corrected chi connectivity index (χ1v) is 8.31. The number of thiophene rings is 1. The van der Waals surface area contributed by atoms with Crippen LogP contribution in [0.1, 0.15) is 29.1 Å². The lowest BCUT2D eigenvalue weighted by atomic mass is 10.2. The van der Waals surface area contributed by atoms with Crippen molar-refractivity contribution in [3.8, 4) is 0 Å². The molecule has 4 heterocycles. The molecule has 2 aromatic heterocycles. The average molecular weight is 304 g/mol. The number of rotatable bonds is 2. The maximum absolute atomic E-state index is 6.16. The molecule has 21 heavy (non-hydrogen) atoms. The Kier molecular flexibility index (Phi) is 3.13. The molecule has 2 unspecified atom stereocenters. The van der Waals surface area contributed by atoms with Crippen LogP contribution < -0.4 is 5.73 Å². The zero-order valence-electron chi connectivity index (χ0n) is 12.4. The molecule has 2 bridgehead atoms. The third-order valence-electron chi connectivity index (χ3n) is 4.59. The number of nitrogens with two attached hydrogens (primary N) is 1. The number of anilines is 1. The van der Waals surface area contributed by atoms with Crippen molar-refractivity contribution in [1.82, 2.24) is 14.9 Å². The third kappa shape index (κ3) is 2.31. The second-order valence-corrected chi connectivity index (χ2v) is 7.34. The highest BCUT2D eigenvalue weighted by Gasteiger charge is 2.33. The van der Waals surface area contributed by atoms with Gasteiger partial charge in [-0.15, -0.1) is 11.3 Å². The van der Waals surface area contributed by atoms with Crippen molar-refractivity contribution in [3.63, 3.8) is 0 Å². The number of aromatic nitrogens is 2. The van der Waals surface area contributed by atoms with Gasteiger partial charge >= 0.3 is 0 Å². The summed E-state index contributed by atoms with van der Waals surface area (Å²) in [7, 11) is 0. The molecule has 4 rings (SSSR count). The first-order chi connectivity index (χ1) is 10.1. The molecule has 6 heteroatoms. The number of fused-ring (bicyclic) bond motifs is 3. The molecule has 2 saturated heterocycles. The predicted molar refractivity (Wildman–Crippen MR) is 84.5 cm³/mol. The van der Waals surface area contributed by atoms with Crippen LogP contribution in [0.3, 0.4) is 0 Å². The van der Waals surface area contributed by atoms with Gasteiger partial charge in [-0.3, -0.25) is 4.90 Å². The number of aryl methyl sites for hydroxylation is 2. The Balaban J connectivity index is 1.62. The molecule has 0 aromatic carbocycles. The van der Waals surface area contributed by atoms with Gasteiger partial charge in [-0.05, 0) is 32.3 Å². The minimum absolute atomic E-state index is 0.399. The summed E-state index contributed by atoms with van der Waals surface area (Å²) in [6.07, 6.45) is 3.17. The summed E-state index contributed by atoms with van der Waals surface area (Å²) in [4.78, 5) is 13.9. The van der Waals surface area contributed by atoms with Crippen LogP contribution >= 0.6 is 11.3 Å². The summed E-state index contributed by atoms with van der Waals surface area (Å²) in [5.41, 5.74) is 7.37. The summed E-state index contributed by atoms with van der Waals surface area (Å²) in [6, 6.07) is 0. The number of likely N-dealkylation sites (tertiary alicyclic amines) is 1. The molecule has 0 amide bonds. The quantitative estimate of drug-likeness (QED) is 0.922. The maximum Gasteiger partial charge on any atom is 0.146 e. The fraction of sp³-hybridized carbons (Fsp3) is 0.600. The summed E-state index contributed by atoms with van der Waals surface area (Å²) in [5, 5.41) is 1.03. The average Bonchev–Trinajstić information content (AvgIpc) is 2.90. The molecule has 5 nitrogen and oxygen atoms in total. The molecule has 2 aliphatic heterocycles. The highest BCUT2D eigenvalue weighted by Crippen LogP contribution is 2.32. The Bertz CT molecular complexity index is 687. The molecule has 2 N–H and O–H groups in total. The fourth-order valence-corrected chi connectivity index (χ4v) is 4.48. The fourth-order valence-electron chi connectivity index (χ4n) is 3.43. The van der Waals surface area contributed by atoms with E-state index >= 15 is 0 Å². The normalized spacial score (nSPS) is 25.8. The molecule has 0 spiro atoms. The lowest BCUT2D eigenvalue weighted by molar-refractivity contribution is -0.0417. The molecular weight excluding hydrogens is 284 g/mol. The van der Waals surface area contributed by atoms with E-state index in [1.54, 1.807) is 11.3 Å². The Hall–Kier alpha value is -1.24. The molecular formula is C15H20N4OS. The Morgan fingerprint density at radius 2 is 1.95 bits per heavy atom. The van der Waals surface area contributed by atoms with Gasteiger partial charge in [-0.25, -0.2) is 9.97 Å². The number of hydrogen-bond acceptors (Lipinski definition) is 6. The van der Waals surface area contributed by atoms with E-state index in [0.29, 0.717) is 18.0 Å². The van der Waals surface area contributed by atoms with Crippen LogP contribution in [0.4, 0.5) is 5.82 Å². The van der Waals surface area contributed by atoms with Gasteiger partial charge in [0.1, 0.15) is 16.5 Å². The number of ether oxygens (including phenoxy) is 1. The highest BCUT2D eigenvalue weighted by atomic mass is 32.1. The lowest BCUT2D eigenvalue weighted by Crippen LogP contribution is -2.42. The number of nitrogens with zero attached hydrogens (tertiary/aromatic N) is 3. The topological polar surface area (TPSA) is 64.3 Å². The number of morpholine rings is 1. The van der Waals surface area contributed by atoms with Gasteiger partial charge < -0.3 is 10.5 Å². The standard InChI is InChI=1S/C15H20N4OS/c1-8-9(2)21-15-13(8)14(16)17-12(18-15)7-19-5-10-3-4-11(6-19)20-10/h10-11H,3-7H2,1-2H3,(H2,16,17,18).